The number of benzene rings is 2. The Morgan fingerprint density at radius 3 is 2.11 bits per heavy atom. The zero-order chi connectivity index (χ0) is 26.2. The Labute approximate surface area is 220 Å². The van der Waals surface area contributed by atoms with Gasteiger partial charge in [0.05, 0.1) is 20.6 Å². The molecule has 2 aromatic carbocycles. The van der Waals surface area contributed by atoms with Crippen LogP contribution < -0.4 is 4.74 Å². The van der Waals surface area contributed by atoms with E-state index in [0.717, 1.165) is 42.6 Å². The Hall–Kier alpha value is -2.33. The van der Waals surface area contributed by atoms with Crippen LogP contribution in [0.2, 0.25) is 0 Å². The van der Waals surface area contributed by atoms with E-state index in [1.807, 2.05) is 6.07 Å². The molecular weight excluding hydrogens is 446 g/mol. The van der Waals surface area contributed by atoms with E-state index in [9.17, 15) is 4.79 Å². The maximum absolute atomic E-state index is 12.9. The number of unbranched alkanes of at least 4 members (excludes halogenated alkanes) is 5. The lowest BCUT2D eigenvalue weighted by Crippen LogP contribution is -2.45. The molecule has 2 rings (SSSR count). The van der Waals surface area contributed by atoms with Crippen molar-refractivity contribution < 1.29 is 18.8 Å². The lowest BCUT2D eigenvalue weighted by molar-refractivity contribution is -0.906. The van der Waals surface area contributed by atoms with E-state index in [1.54, 1.807) is 0 Å². The summed E-state index contributed by atoms with van der Waals surface area (Å²) in [6.07, 6.45) is 10.5. The van der Waals surface area contributed by atoms with Crippen molar-refractivity contribution in [3.8, 4) is 5.75 Å². The minimum Gasteiger partial charge on any atom is -0.487 e. The maximum atomic E-state index is 12.9. The molecule has 2 aromatic rings. The minimum absolute atomic E-state index is 0.118. The average molecular weight is 497 g/mol. The van der Waals surface area contributed by atoms with Gasteiger partial charge in [0.1, 0.15) is 30.9 Å². The summed E-state index contributed by atoms with van der Waals surface area (Å²) in [5.74, 6) is 0.605. The van der Waals surface area contributed by atoms with Gasteiger partial charge in [-0.1, -0.05) is 95.3 Å². The fourth-order valence-electron chi connectivity index (χ4n) is 4.67. The first-order valence-corrected chi connectivity index (χ1v) is 14.1. The Morgan fingerprint density at radius 2 is 1.47 bits per heavy atom. The molecule has 0 amide bonds. The number of hydrogen-bond acceptors (Lipinski definition) is 3. The van der Waals surface area contributed by atoms with Gasteiger partial charge in [-0.3, -0.25) is 4.79 Å². The number of carbonyl (C=O) groups excluding carboxylic acids is 1. The van der Waals surface area contributed by atoms with Gasteiger partial charge in [-0.05, 0) is 43.4 Å². The van der Waals surface area contributed by atoms with Gasteiger partial charge in [0.2, 0.25) is 0 Å². The van der Waals surface area contributed by atoms with Crippen LogP contribution in [0, 0.1) is 5.92 Å². The zero-order valence-corrected chi connectivity index (χ0v) is 23.5. The number of aryl methyl sites for hydroxylation is 1. The highest BCUT2D eigenvalue weighted by Crippen LogP contribution is 2.19. The molecule has 0 bridgehead atoms. The first kappa shape index (κ1) is 29.9. The molecule has 0 aromatic heterocycles. The lowest BCUT2D eigenvalue weighted by atomic mass is 10.0. The zero-order valence-electron chi connectivity index (χ0n) is 23.5. The van der Waals surface area contributed by atoms with E-state index in [2.05, 4.69) is 83.4 Å². The van der Waals surface area contributed by atoms with Gasteiger partial charge in [-0.2, -0.15) is 0 Å². The normalized spacial score (nSPS) is 13.2. The number of ether oxygens (including phenoxy) is 2. The van der Waals surface area contributed by atoms with Crippen molar-refractivity contribution in [1.29, 1.82) is 0 Å². The van der Waals surface area contributed by atoms with Crippen LogP contribution in [0.4, 0.5) is 0 Å². The molecule has 4 heteroatoms. The Balaban J connectivity index is 1.78. The van der Waals surface area contributed by atoms with Crippen molar-refractivity contribution in [3.05, 3.63) is 65.7 Å². The standard InChI is InChI=1S/C32H50NO3/c1-6-9-10-11-12-14-17-27-20-22-31(23-21-27)36-30(8-3)26-35-32(34)29(7-2)25-33(4,5)24-28-18-15-13-16-19-28/h13,15-16,18-23,29-30H,6-12,14,17,24-26H2,1-5H3/q+1. The second-order valence-electron chi connectivity index (χ2n) is 10.8. The van der Waals surface area contributed by atoms with Crippen LogP contribution in [0.25, 0.3) is 0 Å². The number of quaternary nitrogens is 1. The van der Waals surface area contributed by atoms with Crippen LogP contribution >= 0.6 is 0 Å². The van der Waals surface area contributed by atoms with Gasteiger partial charge < -0.3 is 14.0 Å². The predicted octanol–water partition coefficient (Wildman–Crippen LogP) is 7.59. The SMILES string of the molecule is CCCCCCCCc1ccc(OC(CC)COC(=O)C(CC)C[N+](C)(C)Cc2ccccc2)cc1. The van der Waals surface area contributed by atoms with Crippen LogP contribution in [0.15, 0.2) is 54.6 Å². The van der Waals surface area contributed by atoms with Crippen molar-refractivity contribution >= 4 is 5.97 Å². The van der Waals surface area contributed by atoms with Crippen molar-refractivity contribution in [2.75, 3.05) is 27.2 Å². The van der Waals surface area contributed by atoms with E-state index in [0.29, 0.717) is 0 Å². The molecule has 0 saturated carbocycles. The summed E-state index contributed by atoms with van der Waals surface area (Å²) in [6.45, 7) is 8.32. The maximum Gasteiger partial charge on any atom is 0.314 e. The summed E-state index contributed by atoms with van der Waals surface area (Å²) in [7, 11) is 4.36. The molecule has 0 saturated heterocycles. The summed E-state index contributed by atoms with van der Waals surface area (Å²) >= 11 is 0. The molecule has 0 radical (unpaired) electrons. The van der Waals surface area contributed by atoms with Gasteiger partial charge >= 0.3 is 5.97 Å². The largest absolute Gasteiger partial charge is 0.487 e. The smallest absolute Gasteiger partial charge is 0.314 e. The van der Waals surface area contributed by atoms with Crippen molar-refractivity contribution in [2.24, 2.45) is 5.92 Å². The summed E-state index contributed by atoms with van der Waals surface area (Å²) in [5, 5.41) is 0. The molecule has 36 heavy (non-hydrogen) atoms. The number of rotatable bonds is 18. The third kappa shape index (κ3) is 11.6. The fourth-order valence-corrected chi connectivity index (χ4v) is 4.67. The van der Waals surface area contributed by atoms with Gasteiger partial charge in [0.25, 0.3) is 0 Å². The minimum atomic E-state index is -0.136. The fraction of sp³-hybridized carbons (Fsp3) is 0.594. The van der Waals surface area contributed by atoms with Crippen LogP contribution in [-0.2, 0) is 22.5 Å². The highest BCUT2D eigenvalue weighted by atomic mass is 16.6. The summed E-state index contributed by atoms with van der Waals surface area (Å²) < 4.78 is 12.7. The van der Waals surface area contributed by atoms with Gasteiger partial charge in [0.15, 0.2) is 0 Å². The van der Waals surface area contributed by atoms with Crippen molar-refractivity contribution in [3.63, 3.8) is 0 Å². The third-order valence-electron chi connectivity index (χ3n) is 6.91. The van der Waals surface area contributed by atoms with E-state index in [-0.39, 0.29) is 24.6 Å². The summed E-state index contributed by atoms with van der Waals surface area (Å²) in [4.78, 5) is 12.9. The molecular formula is C32H50NO3+. The summed E-state index contributed by atoms with van der Waals surface area (Å²) in [6, 6.07) is 18.9. The quantitative estimate of drug-likeness (QED) is 0.121. The predicted molar refractivity (Wildman–Crippen MR) is 150 cm³/mol. The molecule has 0 heterocycles. The second kappa shape index (κ2) is 16.4. The first-order valence-electron chi connectivity index (χ1n) is 14.1. The highest BCUT2D eigenvalue weighted by Gasteiger charge is 2.28. The number of nitrogens with zero attached hydrogens (tertiary/aromatic N) is 1. The lowest BCUT2D eigenvalue weighted by Gasteiger charge is -2.32. The van der Waals surface area contributed by atoms with E-state index < -0.39 is 0 Å². The molecule has 0 fully saturated rings. The van der Waals surface area contributed by atoms with Crippen molar-refractivity contribution in [2.45, 2.75) is 91.2 Å². The monoisotopic (exact) mass is 496 g/mol. The Morgan fingerprint density at radius 1 is 0.806 bits per heavy atom. The van der Waals surface area contributed by atoms with E-state index >= 15 is 0 Å². The van der Waals surface area contributed by atoms with Crippen LogP contribution in [-0.4, -0.2) is 43.8 Å². The van der Waals surface area contributed by atoms with Crippen LogP contribution in [0.3, 0.4) is 0 Å². The van der Waals surface area contributed by atoms with E-state index in [4.69, 9.17) is 9.47 Å². The van der Waals surface area contributed by atoms with Gasteiger partial charge in [-0.15, -0.1) is 0 Å². The molecule has 2 unspecified atom stereocenters. The Bertz CT molecular complexity index is 847. The number of hydrogen-bond donors (Lipinski definition) is 0. The topological polar surface area (TPSA) is 35.5 Å². The molecule has 0 aliphatic carbocycles. The second-order valence-corrected chi connectivity index (χ2v) is 10.8. The van der Waals surface area contributed by atoms with Crippen LogP contribution in [0.5, 0.6) is 5.75 Å². The van der Waals surface area contributed by atoms with E-state index in [1.165, 1.54) is 49.7 Å². The molecule has 200 valence electrons. The highest BCUT2D eigenvalue weighted by molar-refractivity contribution is 5.72. The summed E-state index contributed by atoms with van der Waals surface area (Å²) in [5.41, 5.74) is 2.64. The molecule has 0 aliphatic heterocycles. The van der Waals surface area contributed by atoms with Crippen molar-refractivity contribution in [1.82, 2.24) is 0 Å². The molecule has 0 N–H and O–H groups in total. The molecule has 2 atom stereocenters. The van der Waals surface area contributed by atoms with Gasteiger partial charge in [0, 0.05) is 5.56 Å². The van der Waals surface area contributed by atoms with Crippen LogP contribution in [0.1, 0.15) is 83.3 Å². The number of esters is 1. The number of carbonyl (C=O) groups is 1. The Kier molecular flexibility index (Phi) is 13.6. The molecule has 0 spiro atoms. The third-order valence-corrected chi connectivity index (χ3v) is 6.91. The molecule has 4 nitrogen and oxygen atoms in total. The average Bonchev–Trinajstić information content (AvgIpc) is 2.88. The van der Waals surface area contributed by atoms with Gasteiger partial charge in [-0.25, -0.2) is 0 Å². The molecule has 0 aliphatic rings. The first-order chi connectivity index (χ1) is 17.4.